The van der Waals surface area contributed by atoms with E-state index in [4.69, 9.17) is 5.73 Å². The van der Waals surface area contributed by atoms with Crippen LogP contribution in [0, 0.1) is 0 Å². The van der Waals surface area contributed by atoms with Gasteiger partial charge >= 0.3 is 0 Å². The van der Waals surface area contributed by atoms with Crippen molar-refractivity contribution in [1.82, 2.24) is 0 Å². The molecule has 4 atom stereocenters. The maximum absolute atomic E-state index is 9.30. The Morgan fingerprint density at radius 1 is 1.42 bits per heavy atom. The Morgan fingerprint density at radius 3 is 2.50 bits per heavy atom. The lowest BCUT2D eigenvalue weighted by atomic mass is 10.3. The molecule has 12 heavy (non-hydrogen) atoms. The van der Waals surface area contributed by atoms with Crippen LogP contribution in [0.4, 0.5) is 0 Å². The van der Waals surface area contributed by atoms with E-state index in [0.717, 1.165) is 12.8 Å². The zero-order valence-electron chi connectivity index (χ0n) is 7.86. The molecule has 0 aromatic heterocycles. The average molecular weight is 189 g/mol. The number of nitrogens with two attached hydrogens (primary N) is 1. The molecular weight excluding hydrogens is 170 g/mol. The molecule has 0 aromatic carbocycles. The van der Waals surface area contributed by atoms with Crippen LogP contribution < -0.4 is 5.73 Å². The molecule has 0 heterocycles. The highest BCUT2D eigenvalue weighted by molar-refractivity contribution is 8.00. The van der Waals surface area contributed by atoms with Crippen molar-refractivity contribution in [2.24, 2.45) is 5.73 Å². The van der Waals surface area contributed by atoms with Crippen LogP contribution in [0.15, 0.2) is 0 Å². The number of aliphatic hydroxyl groups excluding tert-OH is 1. The largest absolute Gasteiger partial charge is 0.392 e. The van der Waals surface area contributed by atoms with Crippen LogP contribution >= 0.6 is 11.8 Å². The van der Waals surface area contributed by atoms with Gasteiger partial charge in [-0.1, -0.05) is 6.92 Å². The molecule has 0 bridgehead atoms. The van der Waals surface area contributed by atoms with Crippen LogP contribution in [0.5, 0.6) is 0 Å². The first-order valence-electron chi connectivity index (χ1n) is 4.68. The maximum Gasteiger partial charge on any atom is 0.0628 e. The van der Waals surface area contributed by atoms with E-state index in [9.17, 15) is 5.11 Å². The van der Waals surface area contributed by atoms with Gasteiger partial charge in [-0.2, -0.15) is 11.8 Å². The molecule has 3 heteroatoms. The van der Waals surface area contributed by atoms with Crippen molar-refractivity contribution < 1.29 is 5.11 Å². The van der Waals surface area contributed by atoms with Crippen LogP contribution in [0.2, 0.25) is 0 Å². The van der Waals surface area contributed by atoms with Gasteiger partial charge in [0.1, 0.15) is 0 Å². The third-order valence-corrected chi connectivity index (χ3v) is 4.15. The van der Waals surface area contributed by atoms with Crippen molar-refractivity contribution in [2.45, 2.75) is 55.8 Å². The minimum atomic E-state index is -0.202. The summed E-state index contributed by atoms with van der Waals surface area (Å²) < 4.78 is 0. The second-order valence-electron chi connectivity index (χ2n) is 3.78. The molecule has 0 aliphatic heterocycles. The monoisotopic (exact) mass is 189 g/mol. The highest BCUT2D eigenvalue weighted by atomic mass is 32.2. The predicted octanol–water partition coefficient (Wildman–Crippen LogP) is 1.37. The van der Waals surface area contributed by atoms with Gasteiger partial charge in [0.15, 0.2) is 0 Å². The number of hydrogen-bond donors (Lipinski definition) is 2. The van der Waals surface area contributed by atoms with Gasteiger partial charge in [0.05, 0.1) is 6.10 Å². The summed E-state index contributed by atoms with van der Waals surface area (Å²) in [5.41, 5.74) is 5.80. The quantitative estimate of drug-likeness (QED) is 0.705. The SMILES string of the molecule is CC(O)C(C)SC1CCC(N)C1. The summed E-state index contributed by atoms with van der Waals surface area (Å²) >= 11 is 1.89. The molecule has 1 aliphatic carbocycles. The molecule has 1 fully saturated rings. The smallest absolute Gasteiger partial charge is 0.0628 e. The van der Waals surface area contributed by atoms with Gasteiger partial charge in [-0.05, 0) is 26.2 Å². The third kappa shape index (κ3) is 2.96. The molecule has 2 nitrogen and oxygen atoms in total. The first kappa shape index (κ1) is 10.4. The molecule has 0 radical (unpaired) electrons. The number of hydrogen-bond acceptors (Lipinski definition) is 3. The Morgan fingerprint density at radius 2 is 2.08 bits per heavy atom. The normalized spacial score (nSPS) is 35.0. The van der Waals surface area contributed by atoms with Crippen molar-refractivity contribution in [2.75, 3.05) is 0 Å². The summed E-state index contributed by atoms with van der Waals surface area (Å²) in [7, 11) is 0. The van der Waals surface area contributed by atoms with Crippen molar-refractivity contribution >= 4 is 11.8 Å². The Kier molecular flexibility index (Phi) is 3.87. The Bertz CT molecular complexity index is 140. The van der Waals surface area contributed by atoms with E-state index >= 15 is 0 Å². The fourth-order valence-electron chi connectivity index (χ4n) is 1.51. The zero-order chi connectivity index (χ0) is 9.14. The van der Waals surface area contributed by atoms with Crippen molar-refractivity contribution in [3.05, 3.63) is 0 Å². The lowest BCUT2D eigenvalue weighted by molar-refractivity contribution is 0.196. The van der Waals surface area contributed by atoms with E-state index in [1.54, 1.807) is 0 Å². The fourth-order valence-corrected chi connectivity index (χ4v) is 2.98. The van der Waals surface area contributed by atoms with E-state index in [-0.39, 0.29) is 6.10 Å². The van der Waals surface area contributed by atoms with Gasteiger partial charge < -0.3 is 10.8 Å². The van der Waals surface area contributed by atoms with Gasteiger partial charge in [0, 0.05) is 16.5 Å². The Balaban J connectivity index is 2.23. The van der Waals surface area contributed by atoms with E-state index < -0.39 is 0 Å². The highest BCUT2D eigenvalue weighted by Gasteiger charge is 2.24. The molecule has 0 saturated heterocycles. The second kappa shape index (κ2) is 4.49. The predicted molar refractivity (Wildman–Crippen MR) is 54.3 cm³/mol. The zero-order valence-corrected chi connectivity index (χ0v) is 8.68. The summed E-state index contributed by atoms with van der Waals surface area (Å²) in [5, 5.41) is 10.3. The minimum absolute atomic E-state index is 0.202. The first-order chi connectivity index (χ1) is 5.59. The van der Waals surface area contributed by atoms with E-state index in [2.05, 4.69) is 6.92 Å². The van der Waals surface area contributed by atoms with Crippen molar-refractivity contribution in [3.8, 4) is 0 Å². The molecule has 1 aliphatic rings. The molecule has 0 amide bonds. The van der Waals surface area contributed by atoms with Gasteiger partial charge in [-0.3, -0.25) is 0 Å². The molecule has 72 valence electrons. The van der Waals surface area contributed by atoms with Crippen LogP contribution in [-0.2, 0) is 0 Å². The van der Waals surface area contributed by atoms with Gasteiger partial charge in [0.2, 0.25) is 0 Å². The Hall–Kier alpha value is 0.270. The van der Waals surface area contributed by atoms with E-state index in [0.29, 0.717) is 16.5 Å². The molecule has 1 rings (SSSR count). The number of rotatable bonds is 3. The first-order valence-corrected chi connectivity index (χ1v) is 5.63. The van der Waals surface area contributed by atoms with Crippen molar-refractivity contribution in [3.63, 3.8) is 0 Å². The Labute approximate surface area is 78.9 Å². The van der Waals surface area contributed by atoms with Gasteiger partial charge in [0.25, 0.3) is 0 Å². The van der Waals surface area contributed by atoms with Crippen LogP contribution in [0.3, 0.4) is 0 Å². The van der Waals surface area contributed by atoms with Crippen LogP contribution in [-0.4, -0.2) is 27.8 Å². The summed E-state index contributed by atoms with van der Waals surface area (Å²) in [6.45, 7) is 3.94. The van der Waals surface area contributed by atoms with Gasteiger partial charge in [-0.15, -0.1) is 0 Å². The molecular formula is C9H19NOS. The molecule has 0 aromatic rings. The topological polar surface area (TPSA) is 46.2 Å². The molecule has 1 saturated carbocycles. The lowest BCUT2D eigenvalue weighted by Crippen LogP contribution is -2.20. The lowest BCUT2D eigenvalue weighted by Gasteiger charge is -2.18. The van der Waals surface area contributed by atoms with E-state index in [1.165, 1.54) is 6.42 Å². The van der Waals surface area contributed by atoms with Crippen LogP contribution in [0.1, 0.15) is 33.1 Å². The summed E-state index contributed by atoms with van der Waals surface area (Å²) in [5.74, 6) is 0. The summed E-state index contributed by atoms with van der Waals surface area (Å²) in [4.78, 5) is 0. The summed E-state index contributed by atoms with van der Waals surface area (Å²) in [6, 6.07) is 0.406. The standard InChI is InChI=1S/C9H19NOS/c1-6(11)7(2)12-9-4-3-8(10)5-9/h6-9,11H,3-5,10H2,1-2H3. The maximum atomic E-state index is 9.30. The minimum Gasteiger partial charge on any atom is -0.392 e. The van der Waals surface area contributed by atoms with Crippen molar-refractivity contribution in [1.29, 1.82) is 0 Å². The number of aliphatic hydroxyl groups is 1. The van der Waals surface area contributed by atoms with Gasteiger partial charge in [-0.25, -0.2) is 0 Å². The molecule has 0 spiro atoms. The molecule has 4 unspecified atom stereocenters. The highest BCUT2D eigenvalue weighted by Crippen LogP contribution is 2.32. The fraction of sp³-hybridized carbons (Fsp3) is 1.00. The van der Waals surface area contributed by atoms with Crippen LogP contribution in [0.25, 0.3) is 0 Å². The average Bonchev–Trinajstić information content (AvgIpc) is 2.35. The summed E-state index contributed by atoms with van der Waals surface area (Å²) in [6.07, 6.45) is 3.31. The second-order valence-corrected chi connectivity index (χ2v) is 5.46. The molecule has 3 N–H and O–H groups in total. The third-order valence-electron chi connectivity index (χ3n) is 2.51. The number of thioether (sulfide) groups is 1. The van der Waals surface area contributed by atoms with E-state index in [1.807, 2.05) is 18.7 Å².